The monoisotopic (exact) mass is 681 g/mol. The molecule has 2 heterocycles. The Morgan fingerprint density at radius 1 is 1.07 bits per heavy atom. The van der Waals surface area contributed by atoms with Gasteiger partial charge in [0.2, 0.25) is 6.29 Å². The number of benzene rings is 1. The number of hydrogen-bond donors (Lipinski definition) is 1. The van der Waals surface area contributed by atoms with E-state index in [0.717, 1.165) is 11.2 Å². The van der Waals surface area contributed by atoms with Crippen molar-refractivity contribution in [3.63, 3.8) is 0 Å². The van der Waals surface area contributed by atoms with Crippen molar-refractivity contribution in [2.24, 2.45) is 11.8 Å². The van der Waals surface area contributed by atoms with Crippen LogP contribution in [-0.4, -0.2) is 72.5 Å². The van der Waals surface area contributed by atoms with Crippen LogP contribution in [0.5, 0.6) is 5.75 Å². The highest BCUT2D eigenvalue weighted by atomic mass is 35.5. The first-order chi connectivity index (χ1) is 21.3. The number of rotatable bonds is 11. The van der Waals surface area contributed by atoms with Crippen molar-refractivity contribution in [1.29, 1.82) is 0 Å². The van der Waals surface area contributed by atoms with Crippen molar-refractivity contribution < 1.29 is 41.7 Å². The second-order valence-corrected chi connectivity index (χ2v) is 14.7. The molecular formula is C30H40ClN5O9S. The number of pyridine rings is 1. The predicted octanol–water partition coefficient (Wildman–Crippen LogP) is 5.53. The Bertz CT molecular complexity index is 1690. The summed E-state index contributed by atoms with van der Waals surface area (Å²) in [6.45, 7) is 12.2. The highest BCUT2D eigenvalue weighted by Gasteiger charge is 2.34. The van der Waals surface area contributed by atoms with Crippen LogP contribution in [0.4, 0.5) is 21.2 Å². The zero-order chi connectivity index (χ0) is 34.6. The number of esters is 1. The molecule has 0 aliphatic carbocycles. The maximum atomic E-state index is 14.0. The van der Waals surface area contributed by atoms with Crippen LogP contribution >= 0.6 is 11.6 Å². The molecule has 16 heteroatoms. The van der Waals surface area contributed by atoms with E-state index in [1.807, 2.05) is 13.8 Å². The summed E-state index contributed by atoms with van der Waals surface area (Å²) in [6, 6.07) is 5.94. The number of fused-ring (bicyclic) bond motifs is 1. The molecule has 2 atom stereocenters. The van der Waals surface area contributed by atoms with E-state index in [1.165, 1.54) is 36.0 Å². The van der Waals surface area contributed by atoms with Crippen LogP contribution in [0.3, 0.4) is 0 Å². The topological polar surface area (TPSA) is 168 Å². The molecule has 3 aromatic rings. The van der Waals surface area contributed by atoms with E-state index < -0.39 is 51.8 Å². The highest BCUT2D eigenvalue weighted by molar-refractivity contribution is 7.90. The van der Waals surface area contributed by atoms with Crippen LogP contribution in [0.25, 0.3) is 5.65 Å². The van der Waals surface area contributed by atoms with Gasteiger partial charge in [0.1, 0.15) is 17.4 Å². The van der Waals surface area contributed by atoms with Crippen molar-refractivity contribution >= 4 is 56.9 Å². The summed E-state index contributed by atoms with van der Waals surface area (Å²) in [6.07, 6.45) is -0.665. The first-order valence-electron chi connectivity index (χ1n) is 14.4. The van der Waals surface area contributed by atoms with Gasteiger partial charge in [-0.1, -0.05) is 39.3 Å². The Kier molecular flexibility index (Phi) is 11.5. The second-order valence-electron chi connectivity index (χ2n) is 12.3. The lowest BCUT2D eigenvalue weighted by Gasteiger charge is -2.28. The number of halogens is 1. The molecule has 1 N–H and O–H groups in total. The van der Waals surface area contributed by atoms with Gasteiger partial charge < -0.3 is 24.3 Å². The highest BCUT2D eigenvalue weighted by Crippen LogP contribution is 2.36. The first kappa shape index (κ1) is 36.4. The standard InChI is InChI=1S/C30H40ClN5O9S/c1-17(2)14-24(43-26(37)25(18(3)4)33-28(38)45-30(5,6)7)44-29(39)36(27-32-23-13-10-19(31)16-35(23)34-27)21-12-11-20(46(9,40)41)15-22(21)42-8/h10-13,15-18,24-25H,14H2,1-9H3,(H,33,38)/t24?,25-/m0/s1. The van der Waals surface area contributed by atoms with Gasteiger partial charge in [0, 0.05) is 24.9 Å². The Morgan fingerprint density at radius 3 is 2.30 bits per heavy atom. The largest absolute Gasteiger partial charge is 0.495 e. The van der Waals surface area contributed by atoms with E-state index in [2.05, 4.69) is 15.4 Å². The van der Waals surface area contributed by atoms with Crippen LogP contribution in [0.1, 0.15) is 54.9 Å². The van der Waals surface area contributed by atoms with Crippen LogP contribution in [-0.2, 0) is 28.8 Å². The molecule has 0 saturated carbocycles. The van der Waals surface area contributed by atoms with Gasteiger partial charge in [0.25, 0.3) is 5.95 Å². The maximum Gasteiger partial charge on any atom is 0.424 e. The maximum absolute atomic E-state index is 14.0. The van der Waals surface area contributed by atoms with Gasteiger partial charge in [0.05, 0.1) is 22.7 Å². The second kappa shape index (κ2) is 14.5. The van der Waals surface area contributed by atoms with E-state index in [-0.39, 0.29) is 34.6 Å². The number of sulfone groups is 1. The third-order valence-electron chi connectivity index (χ3n) is 6.22. The number of carbonyl (C=O) groups is 3. The summed E-state index contributed by atoms with van der Waals surface area (Å²) in [4.78, 5) is 45.1. The quantitative estimate of drug-likeness (QED) is 0.199. The fourth-order valence-corrected chi connectivity index (χ4v) is 4.90. The van der Waals surface area contributed by atoms with E-state index in [9.17, 15) is 22.8 Å². The summed E-state index contributed by atoms with van der Waals surface area (Å²) in [7, 11) is -2.33. The molecule has 3 rings (SSSR count). The van der Waals surface area contributed by atoms with Crippen LogP contribution in [0.2, 0.25) is 5.02 Å². The minimum Gasteiger partial charge on any atom is -0.495 e. The van der Waals surface area contributed by atoms with E-state index in [0.29, 0.717) is 10.7 Å². The summed E-state index contributed by atoms with van der Waals surface area (Å²) < 4.78 is 48.0. The zero-order valence-electron chi connectivity index (χ0n) is 27.2. The van der Waals surface area contributed by atoms with Gasteiger partial charge in [-0.25, -0.2) is 32.2 Å². The molecule has 0 spiro atoms. The van der Waals surface area contributed by atoms with Crippen molar-refractivity contribution in [1.82, 2.24) is 19.9 Å². The molecule has 1 aromatic carbocycles. The van der Waals surface area contributed by atoms with Gasteiger partial charge in [-0.2, -0.15) is 4.98 Å². The first-order valence-corrected chi connectivity index (χ1v) is 16.7. The average molecular weight is 682 g/mol. The summed E-state index contributed by atoms with van der Waals surface area (Å²) in [5.41, 5.74) is -0.419. The number of alkyl carbamates (subject to hydrolysis) is 1. The van der Waals surface area contributed by atoms with Crippen molar-refractivity contribution in [2.45, 2.75) is 77.7 Å². The number of nitrogens with zero attached hydrogens (tertiary/aromatic N) is 4. The van der Waals surface area contributed by atoms with E-state index in [4.69, 9.17) is 30.5 Å². The fourth-order valence-electron chi connectivity index (χ4n) is 4.11. The van der Waals surface area contributed by atoms with Crippen molar-refractivity contribution in [3.05, 3.63) is 41.6 Å². The van der Waals surface area contributed by atoms with Gasteiger partial charge >= 0.3 is 18.2 Å². The molecule has 2 aromatic heterocycles. The van der Waals surface area contributed by atoms with Gasteiger partial charge in [-0.3, -0.25) is 0 Å². The molecule has 0 aliphatic heterocycles. The van der Waals surface area contributed by atoms with E-state index in [1.54, 1.807) is 46.8 Å². The molecule has 2 amide bonds. The van der Waals surface area contributed by atoms with Crippen LogP contribution in [0.15, 0.2) is 41.4 Å². The van der Waals surface area contributed by atoms with Crippen molar-refractivity contribution in [3.8, 4) is 5.75 Å². The normalized spacial score (nSPS) is 13.3. The number of amides is 2. The van der Waals surface area contributed by atoms with Crippen molar-refractivity contribution in [2.75, 3.05) is 18.3 Å². The molecule has 0 radical (unpaired) electrons. The van der Waals surface area contributed by atoms with Crippen LogP contribution < -0.4 is 15.0 Å². The smallest absolute Gasteiger partial charge is 0.424 e. The molecule has 0 aliphatic rings. The molecule has 0 fully saturated rings. The minimum absolute atomic E-state index is 0.00407. The lowest BCUT2D eigenvalue weighted by atomic mass is 10.0. The summed E-state index contributed by atoms with van der Waals surface area (Å²) >= 11 is 6.12. The average Bonchev–Trinajstić information content (AvgIpc) is 3.32. The number of aromatic nitrogens is 3. The lowest BCUT2D eigenvalue weighted by molar-refractivity contribution is -0.173. The number of hydrogen-bond acceptors (Lipinski definition) is 11. The molecule has 252 valence electrons. The Balaban J connectivity index is 2.02. The van der Waals surface area contributed by atoms with Gasteiger partial charge in [-0.05, 0) is 56.9 Å². The summed E-state index contributed by atoms with van der Waals surface area (Å²) in [5.74, 6) is -1.52. The molecule has 0 bridgehead atoms. The number of carbonyl (C=O) groups excluding carboxylic acids is 3. The number of anilines is 2. The molecular weight excluding hydrogens is 642 g/mol. The predicted molar refractivity (Wildman–Crippen MR) is 170 cm³/mol. The zero-order valence-corrected chi connectivity index (χ0v) is 28.8. The van der Waals surface area contributed by atoms with Gasteiger partial charge in [0.15, 0.2) is 15.5 Å². The Morgan fingerprint density at radius 2 is 1.74 bits per heavy atom. The molecule has 0 saturated heterocycles. The molecule has 14 nitrogen and oxygen atoms in total. The van der Waals surface area contributed by atoms with Crippen LogP contribution in [0, 0.1) is 11.8 Å². The third-order valence-corrected chi connectivity index (χ3v) is 7.56. The summed E-state index contributed by atoms with van der Waals surface area (Å²) in [5, 5.41) is 7.25. The number of ether oxygens (including phenoxy) is 4. The fraction of sp³-hybridized carbons (Fsp3) is 0.500. The van der Waals surface area contributed by atoms with Gasteiger partial charge in [-0.15, -0.1) is 5.10 Å². The Labute approximate surface area is 273 Å². The lowest BCUT2D eigenvalue weighted by Crippen LogP contribution is -2.48. The number of nitrogens with one attached hydrogen (secondary N) is 1. The minimum atomic E-state index is -3.63. The third kappa shape index (κ3) is 9.69. The SMILES string of the molecule is COc1cc(S(C)(=O)=O)ccc1N(C(=O)OC(CC(C)C)OC(=O)[C@@H](NC(=O)OC(C)(C)C)C(C)C)c1nc2ccc(Cl)cn2n1. The number of methoxy groups -OCH3 is 1. The Hall–Kier alpha value is -4.11. The molecule has 46 heavy (non-hydrogen) atoms. The van der Waals surface area contributed by atoms with E-state index >= 15 is 0 Å². The molecule has 1 unspecified atom stereocenters.